The summed E-state index contributed by atoms with van der Waals surface area (Å²) >= 11 is 0. The molecule has 0 radical (unpaired) electrons. The second kappa shape index (κ2) is 2.17. The number of rotatable bonds is 0. The van der Waals surface area contributed by atoms with E-state index in [4.69, 9.17) is 0 Å². The Kier molecular flexibility index (Phi) is 1.32. The van der Waals surface area contributed by atoms with Crippen molar-refractivity contribution < 1.29 is 4.57 Å². The van der Waals surface area contributed by atoms with Crippen LogP contribution in [0.25, 0.3) is 0 Å². The molecule has 0 saturated heterocycles. The zero-order chi connectivity index (χ0) is 6.97. The van der Waals surface area contributed by atoms with Gasteiger partial charge in [-0.1, -0.05) is 16.7 Å². The van der Waals surface area contributed by atoms with Crippen LogP contribution in [-0.2, 0) is 4.57 Å². The summed E-state index contributed by atoms with van der Waals surface area (Å²) in [4.78, 5) is 0. The van der Waals surface area contributed by atoms with E-state index in [1.54, 1.807) is 0 Å². The summed E-state index contributed by atoms with van der Waals surface area (Å²) in [5.41, 5.74) is 0.407. The Balaban J connectivity index is 2.44. The minimum absolute atomic E-state index is 0.204. The maximum Gasteiger partial charge on any atom is 0.361 e. The molecular formula is C8H8OP+. The standard InChI is InChI=1S/C8H8OP/c9-10-7-3-1-2-4-8(10)6-5-7/h1-8H/q+1. The molecule has 2 bridgehead atoms. The molecule has 2 heterocycles. The van der Waals surface area contributed by atoms with Crippen LogP contribution in [0.1, 0.15) is 0 Å². The monoisotopic (exact) mass is 151 g/mol. The van der Waals surface area contributed by atoms with Gasteiger partial charge >= 0.3 is 7.80 Å². The van der Waals surface area contributed by atoms with Gasteiger partial charge < -0.3 is 0 Å². The van der Waals surface area contributed by atoms with Crippen LogP contribution in [0.2, 0.25) is 0 Å². The van der Waals surface area contributed by atoms with Crippen molar-refractivity contribution >= 4 is 7.80 Å². The molecule has 2 unspecified atom stereocenters. The molecule has 0 aromatic heterocycles. The highest BCUT2D eigenvalue weighted by Crippen LogP contribution is 2.43. The molecule has 2 aliphatic rings. The first kappa shape index (κ1) is 6.06. The molecule has 0 amide bonds. The Morgan fingerprint density at radius 2 is 1.40 bits per heavy atom. The summed E-state index contributed by atoms with van der Waals surface area (Å²) in [6.45, 7) is 0. The molecule has 2 rings (SSSR count). The van der Waals surface area contributed by atoms with Crippen LogP contribution in [-0.4, -0.2) is 11.3 Å². The average Bonchev–Trinajstić information content (AvgIpc) is 2.06. The molecule has 0 aromatic carbocycles. The van der Waals surface area contributed by atoms with E-state index in [1.807, 2.05) is 36.5 Å². The molecule has 2 atom stereocenters. The van der Waals surface area contributed by atoms with E-state index in [1.165, 1.54) is 0 Å². The first-order valence-electron chi connectivity index (χ1n) is 3.37. The maximum atomic E-state index is 11.4. The topological polar surface area (TPSA) is 17.1 Å². The van der Waals surface area contributed by atoms with E-state index in [0.29, 0.717) is 0 Å². The van der Waals surface area contributed by atoms with Gasteiger partial charge in [0.15, 0.2) is 11.3 Å². The normalized spacial score (nSPS) is 38.6. The van der Waals surface area contributed by atoms with Crippen molar-refractivity contribution in [3.8, 4) is 0 Å². The zero-order valence-electron chi connectivity index (χ0n) is 5.47. The van der Waals surface area contributed by atoms with Gasteiger partial charge in [-0.3, -0.25) is 0 Å². The lowest BCUT2D eigenvalue weighted by Crippen LogP contribution is -1.90. The first-order chi connectivity index (χ1) is 4.88. The van der Waals surface area contributed by atoms with Crippen molar-refractivity contribution in [3.63, 3.8) is 0 Å². The lowest BCUT2D eigenvalue weighted by Gasteiger charge is -1.85. The number of hydrogen-bond donors (Lipinski definition) is 0. The third-order valence-corrected chi connectivity index (χ3v) is 3.68. The van der Waals surface area contributed by atoms with Gasteiger partial charge in [0.1, 0.15) is 0 Å². The molecule has 2 heteroatoms. The first-order valence-corrected chi connectivity index (χ1v) is 4.76. The van der Waals surface area contributed by atoms with Crippen LogP contribution >= 0.6 is 7.80 Å². The van der Waals surface area contributed by atoms with Crippen molar-refractivity contribution in [1.29, 1.82) is 0 Å². The Hall–Kier alpha value is -0.680. The molecule has 0 spiro atoms. The lowest BCUT2D eigenvalue weighted by atomic mass is 10.2. The largest absolute Gasteiger partial charge is 0.361 e. The van der Waals surface area contributed by atoms with E-state index >= 15 is 0 Å². The van der Waals surface area contributed by atoms with Crippen LogP contribution in [0.4, 0.5) is 0 Å². The lowest BCUT2D eigenvalue weighted by molar-refractivity contribution is 0.587. The Morgan fingerprint density at radius 3 is 1.90 bits per heavy atom. The molecule has 0 saturated carbocycles. The van der Waals surface area contributed by atoms with Gasteiger partial charge in [-0.05, 0) is 24.3 Å². The summed E-state index contributed by atoms with van der Waals surface area (Å²) in [6.07, 6.45) is 12.0. The van der Waals surface area contributed by atoms with E-state index in [2.05, 4.69) is 0 Å². The quantitative estimate of drug-likeness (QED) is 0.383. The molecule has 10 heavy (non-hydrogen) atoms. The summed E-state index contributed by atoms with van der Waals surface area (Å²) < 4.78 is 11.4. The molecule has 0 fully saturated rings. The Bertz CT molecular complexity index is 226. The number of fused-ring (bicyclic) bond motifs is 2. The predicted molar refractivity (Wildman–Crippen MR) is 42.6 cm³/mol. The van der Waals surface area contributed by atoms with Gasteiger partial charge in [0.05, 0.1) is 0 Å². The van der Waals surface area contributed by atoms with Crippen molar-refractivity contribution in [2.45, 2.75) is 11.3 Å². The zero-order valence-corrected chi connectivity index (χ0v) is 6.37. The fourth-order valence-corrected chi connectivity index (χ4v) is 2.72. The van der Waals surface area contributed by atoms with Crippen molar-refractivity contribution in [2.24, 2.45) is 0 Å². The highest BCUT2D eigenvalue weighted by molar-refractivity contribution is 7.47. The Morgan fingerprint density at radius 1 is 0.900 bits per heavy atom. The second-order valence-electron chi connectivity index (χ2n) is 2.50. The van der Waals surface area contributed by atoms with Gasteiger partial charge in [0.2, 0.25) is 0 Å². The molecule has 1 nitrogen and oxygen atoms in total. The van der Waals surface area contributed by atoms with Gasteiger partial charge in [0.25, 0.3) is 0 Å². The van der Waals surface area contributed by atoms with Crippen LogP contribution < -0.4 is 0 Å². The van der Waals surface area contributed by atoms with Crippen LogP contribution in [0.5, 0.6) is 0 Å². The molecule has 0 aromatic rings. The van der Waals surface area contributed by atoms with E-state index in [-0.39, 0.29) is 11.3 Å². The molecule has 0 aliphatic carbocycles. The number of allylic oxidation sites excluding steroid dienone is 6. The minimum Gasteiger partial charge on any atom is -0.0727 e. The van der Waals surface area contributed by atoms with E-state index in [0.717, 1.165) is 0 Å². The highest BCUT2D eigenvalue weighted by Gasteiger charge is 2.38. The Labute approximate surface area is 60.9 Å². The van der Waals surface area contributed by atoms with Gasteiger partial charge in [-0.25, -0.2) is 0 Å². The van der Waals surface area contributed by atoms with Crippen LogP contribution in [0, 0.1) is 0 Å². The molecule has 0 N–H and O–H groups in total. The van der Waals surface area contributed by atoms with Crippen molar-refractivity contribution in [1.82, 2.24) is 0 Å². The molecule has 2 aliphatic heterocycles. The third kappa shape index (κ3) is 0.783. The molecule has 50 valence electrons. The average molecular weight is 151 g/mol. The van der Waals surface area contributed by atoms with Gasteiger partial charge in [0, 0.05) is 0 Å². The fraction of sp³-hybridized carbons (Fsp3) is 0.250. The summed E-state index contributed by atoms with van der Waals surface area (Å²) in [6, 6.07) is 0. The van der Waals surface area contributed by atoms with Gasteiger partial charge in [-0.2, -0.15) is 0 Å². The fourth-order valence-electron chi connectivity index (χ4n) is 1.25. The number of hydrogen-bond acceptors (Lipinski definition) is 1. The highest BCUT2D eigenvalue weighted by atomic mass is 31.1. The maximum absolute atomic E-state index is 11.4. The summed E-state index contributed by atoms with van der Waals surface area (Å²) in [7, 11) is -1.06. The smallest absolute Gasteiger partial charge is 0.0727 e. The molecular weight excluding hydrogens is 143 g/mol. The third-order valence-electron chi connectivity index (χ3n) is 1.82. The summed E-state index contributed by atoms with van der Waals surface area (Å²) in [5.74, 6) is 0. The van der Waals surface area contributed by atoms with Crippen molar-refractivity contribution in [3.05, 3.63) is 36.5 Å². The van der Waals surface area contributed by atoms with E-state index < -0.39 is 7.80 Å². The summed E-state index contributed by atoms with van der Waals surface area (Å²) in [5, 5.41) is 0. The van der Waals surface area contributed by atoms with E-state index in [9.17, 15) is 4.57 Å². The SMILES string of the molecule is O=[P+]1C2C=CC=CC1C=C2. The van der Waals surface area contributed by atoms with Crippen LogP contribution in [0.3, 0.4) is 0 Å². The second-order valence-corrected chi connectivity index (χ2v) is 4.41. The minimum atomic E-state index is -1.06. The van der Waals surface area contributed by atoms with Crippen LogP contribution in [0.15, 0.2) is 36.5 Å². The van der Waals surface area contributed by atoms with Crippen molar-refractivity contribution in [2.75, 3.05) is 0 Å². The van der Waals surface area contributed by atoms with Gasteiger partial charge in [-0.15, -0.1) is 0 Å². The predicted octanol–water partition coefficient (Wildman–Crippen LogP) is 2.25.